The van der Waals surface area contributed by atoms with Crippen LogP contribution in [0.3, 0.4) is 0 Å². The smallest absolute Gasteiger partial charge is 0.241 e. The zero-order chi connectivity index (χ0) is 12.4. The SMILES string of the molecule is CN(C(=O)CNc1ccc(F)c(Cl)c1)C1CC1. The van der Waals surface area contributed by atoms with Crippen molar-refractivity contribution < 1.29 is 9.18 Å². The zero-order valence-corrected chi connectivity index (χ0v) is 10.3. The number of benzene rings is 1. The first-order valence-electron chi connectivity index (χ1n) is 5.52. The van der Waals surface area contributed by atoms with Crippen LogP contribution in [0.1, 0.15) is 12.8 Å². The van der Waals surface area contributed by atoms with Crippen molar-refractivity contribution in [3.63, 3.8) is 0 Å². The Labute approximate surface area is 105 Å². The summed E-state index contributed by atoms with van der Waals surface area (Å²) in [5, 5.41) is 2.99. The molecule has 1 fully saturated rings. The molecule has 0 aliphatic heterocycles. The number of carbonyl (C=O) groups is 1. The minimum atomic E-state index is -0.460. The average Bonchev–Trinajstić information content (AvgIpc) is 3.13. The van der Waals surface area contributed by atoms with Gasteiger partial charge in [0.05, 0.1) is 11.6 Å². The van der Waals surface area contributed by atoms with E-state index in [2.05, 4.69) is 5.32 Å². The van der Waals surface area contributed by atoms with E-state index < -0.39 is 5.82 Å². The van der Waals surface area contributed by atoms with E-state index >= 15 is 0 Å². The second-order valence-corrected chi connectivity index (χ2v) is 4.63. The minimum absolute atomic E-state index is 0.0351. The van der Waals surface area contributed by atoms with Gasteiger partial charge >= 0.3 is 0 Å². The lowest BCUT2D eigenvalue weighted by atomic mass is 10.3. The van der Waals surface area contributed by atoms with Gasteiger partial charge in [-0.3, -0.25) is 4.79 Å². The maximum absolute atomic E-state index is 12.9. The fourth-order valence-corrected chi connectivity index (χ4v) is 1.75. The van der Waals surface area contributed by atoms with E-state index in [-0.39, 0.29) is 17.5 Å². The normalized spacial score (nSPS) is 14.5. The number of halogens is 2. The Morgan fingerprint density at radius 2 is 2.29 bits per heavy atom. The van der Waals surface area contributed by atoms with Gasteiger partial charge in [0, 0.05) is 18.8 Å². The standard InChI is InChI=1S/C12H14ClFN2O/c1-16(9-3-4-9)12(17)7-15-8-2-5-11(14)10(13)6-8/h2,5-6,9,15H,3-4,7H2,1H3. The molecule has 1 N–H and O–H groups in total. The number of nitrogens with one attached hydrogen (secondary N) is 1. The molecule has 1 amide bonds. The first-order valence-corrected chi connectivity index (χ1v) is 5.90. The lowest BCUT2D eigenvalue weighted by Gasteiger charge is -2.16. The Bertz CT molecular complexity index is 435. The molecule has 0 spiro atoms. The summed E-state index contributed by atoms with van der Waals surface area (Å²) < 4.78 is 12.9. The highest BCUT2D eigenvalue weighted by molar-refractivity contribution is 6.31. The summed E-state index contributed by atoms with van der Waals surface area (Å²) in [4.78, 5) is 13.5. The van der Waals surface area contributed by atoms with Crippen LogP contribution in [0.25, 0.3) is 0 Å². The fourth-order valence-electron chi connectivity index (χ4n) is 1.57. The van der Waals surface area contributed by atoms with Crippen molar-refractivity contribution in [2.24, 2.45) is 0 Å². The Balaban J connectivity index is 1.88. The second kappa shape index (κ2) is 4.92. The van der Waals surface area contributed by atoms with Crippen LogP contribution in [-0.4, -0.2) is 30.4 Å². The first kappa shape index (κ1) is 12.2. The van der Waals surface area contributed by atoms with Crippen LogP contribution in [0.5, 0.6) is 0 Å². The number of rotatable bonds is 4. The summed E-state index contributed by atoms with van der Waals surface area (Å²) in [6.45, 7) is 0.203. The summed E-state index contributed by atoms with van der Waals surface area (Å²) in [7, 11) is 1.80. The van der Waals surface area contributed by atoms with Crippen LogP contribution in [0.15, 0.2) is 18.2 Å². The Kier molecular flexibility index (Phi) is 3.52. The molecule has 1 aromatic rings. The highest BCUT2D eigenvalue weighted by Gasteiger charge is 2.29. The number of hydrogen-bond donors (Lipinski definition) is 1. The minimum Gasteiger partial charge on any atom is -0.376 e. The van der Waals surface area contributed by atoms with Crippen LogP contribution < -0.4 is 5.32 Å². The molecule has 0 heterocycles. The van der Waals surface area contributed by atoms with E-state index in [4.69, 9.17) is 11.6 Å². The Hall–Kier alpha value is -1.29. The predicted octanol–water partition coefficient (Wildman–Crippen LogP) is 2.51. The molecule has 0 saturated heterocycles. The second-order valence-electron chi connectivity index (χ2n) is 4.22. The van der Waals surface area contributed by atoms with E-state index in [0.717, 1.165) is 12.8 Å². The van der Waals surface area contributed by atoms with Gasteiger partial charge in [0.2, 0.25) is 5.91 Å². The molecule has 3 nitrogen and oxygen atoms in total. The molecule has 0 unspecified atom stereocenters. The highest BCUT2D eigenvalue weighted by Crippen LogP contribution is 2.25. The van der Waals surface area contributed by atoms with Crippen LogP contribution in [-0.2, 0) is 4.79 Å². The Morgan fingerprint density at radius 1 is 1.59 bits per heavy atom. The van der Waals surface area contributed by atoms with E-state index in [9.17, 15) is 9.18 Å². The molecule has 5 heteroatoms. The molecule has 1 saturated carbocycles. The number of likely N-dealkylation sites (N-methyl/N-ethyl adjacent to an activating group) is 1. The van der Waals surface area contributed by atoms with Crippen LogP contribution in [0.4, 0.5) is 10.1 Å². The zero-order valence-electron chi connectivity index (χ0n) is 9.54. The molecule has 0 radical (unpaired) electrons. The molecular formula is C12H14ClFN2O. The van der Waals surface area contributed by atoms with E-state index in [1.165, 1.54) is 12.1 Å². The van der Waals surface area contributed by atoms with Crippen molar-refractivity contribution >= 4 is 23.2 Å². The van der Waals surface area contributed by atoms with Crippen molar-refractivity contribution in [3.05, 3.63) is 29.0 Å². The van der Waals surface area contributed by atoms with Gasteiger partial charge in [-0.05, 0) is 31.0 Å². The molecule has 92 valence electrons. The lowest BCUT2D eigenvalue weighted by molar-refractivity contribution is -0.128. The van der Waals surface area contributed by atoms with Crippen LogP contribution in [0.2, 0.25) is 5.02 Å². The molecule has 0 bridgehead atoms. The predicted molar refractivity (Wildman–Crippen MR) is 65.7 cm³/mol. The fraction of sp³-hybridized carbons (Fsp3) is 0.417. The van der Waals surface area contributed by atoms with Crippen molar-refractivity contribution in [1.82, 2.24) is 4.90 Å². The number of anilines is 1. The third-order valence-electron chi connectivity index (χ3n) is 2.85. The van der Waals surface area contributed by atoms with Gasteiger partial charge in [-0.15, -0.1) is 0 Å². The van der Waals surface area contributed by atoms with Crippen LogP contribution >= 0.6 is 11.6 Å². The summed E-state index contributed by atoms with van der Waals surface area (Å²) in [5.41, 5.74) is 0.647. The van der Waals surface area contributed by atoms with Crippen molar-refractivity contribution in [1.29, 1.82) is 0 Å². The van der Waals surface area contributed by atoms with E-state index in [0.29, 0.717) is 11.7 Å². The van der Waals surface area contributed by atoms with Gasteiger partial charge in [-0.1, -0.05) is 11.6 Å². The number of amides is 1. The quantitative estimate of drug-likeness (QED) is 0.898. The molecular weight excluding hydrogens is 243 g/mol. The summed E-state index contributed by atoms with van der Waals surface area (Å²) in [6.07, 6.45) is 2.18. The molecule has 0 aromatic heterocycles. The van der Waals surface area contributed by atoms with Gasteiger partial charge < -0.3 is 10.2 Å². The highest BCUT2D eigenvalue weighted by atomic mass is 35.5. The summed E-state index contributed by atoms with van der Waals surface area (Å²) in [6, 6.07) is 4.72. The number of carbonyl (C=O) groups excluding carboxylic acids is 1. The van der Waals surface area contributed by atoms with Crippen molar-refractivity contribution in [2.75, 3.05) is 18.9 Å². The van der Waals surface area contributed by atoms with Gasteiger partial charge in [0.25, 0.3) is 0 Å². The maximum Gasteiger partial charge on any atom is 0.241 e. The molecule has 2 rings (SSSR count). The molecule has 1 aromatic carbocycles. The van der Waals surface area contributed by atoms with E-state index in [1.807, 2.05) is 0 Å². The molecule has 1 aliphatic rings. The first-order chi connectivity index (χ1) is 8.08. The number of hydrogen-bond acceptors (Lipinski definition) is 2. The van der Waals surface area contributed by atoms with Gasteiger partial charge in [0.15, 0.2) is 0 Å². The molecule has 0 atom stereocenters. The summed E-state index contributed by atoms with van der Waals surface area (Å²) in [5.74, 6) is -0.424. The van der Waals surface area contributed by atoms with Crippen LogP contribution in [0, 0.1) is 5.82 Å². The third kappa shape index (κ3) is 3.09. The maximum atomic E-state index is 12.9. The van der Waals surface area contributed by atoms with Crippen molar-refractivity contribution in [2.45, 2.75) is 18.9 Å². The topological polar surface area (TPSA) is 32.3 Å². The molecule has 1 aliphatic carbocycles. The van der Waals surface area contributed by atoms with E-state index in [1.54, 1.807) is 18.0 Å². The lowest BCUT2D eigenvalue weighted by Crippen LogP contribution is -2.33. The largest absolute Gasteiger partial charge is 0.376 e. The number of nitrogens with zero attached hydrogens (tertiary/aromatic N) is 1. The molecule has 17 heavy (non-hydrogen) atoms. The van der Waals surface area contributed by atoms with Gasteiger partial charge in [0.1, 0.15) is 5.82 Å². The third-order valence-corrected chi connectivity index (χ3v) is 3.14. The monoisotopic (exact) mass is 256 g/mol. The van der Waals surface area contributed by atoms with Gasteiger partial charge in [-0.25, -0.2) is 4.39 Å². The van der Waals surface area contributed by atoms with Crippen molar-refractivity contribution in [3.8, 4) is 0 Å². The average molecular weight is 257 g/mol. The van der Waals surface area contributed by atoms with Gasteiger partial charge in [-0.2, -0.15) is 0 Å². The Morgan fingerprint density at radius 3 is 2.88 bits per heavy atom. The summed E-state index contributed by atoms with van der Waals surface area (Å²) >= 11 is 5.64.